The summed E-state index contributed by atoms with van der Waals surface area (Å²) in [5.74, 6) is 0. The fraction of sp³-hybridized carbons (Fsp3) is 1.00. The Morgan fingerprint density at radius 1 is 0.765 bits per heavy atom. The molecule has 0 saturated carbocycles. The molecule has 0 aromatic heterocycles. The zero-order chi connectivity index (χ0) is 12.9. The smallest absolute Gasteiger partial charge is 0.0595 e. The van der Waals surface area contributed by atoms with Crippen molar-refractivity contribution in [3.05, 3.63) is 0 Å². The van der Waals surface area contributed by atoms with Gasteiger partial charge in [-0.3, -0.25) is 10.4 Å². The summed E-state index contributed by atoms with van der Waals surface area (Å²) >= 11 is 0. The molecule has 2 N–H and O–H groups in total. The highest BCUT2D eigenvalue weighted by Crippen LogP contribution is 2.12. The topological polar surface area (TPSA) is 43.7 Å². The quantitative estimate of drug-likeness (QED) is 0.384. The summed E-state index contributed by atoms with van der Waals surface area (Å²) < 4.78 is 0. The molecular formula is C14H31NO2. The van der Waals surface area contributed by atoms with Gasteiger partial charge in [0.25, 0.3) is 0 Å². The van der Waals surface area contributed by atoms with Gasteiger partial charge in [0.1, 0.15) is 0 Å². The van der Waals surface area contributed by atoms with E-state index in [1.165, 1.54) is 57.8 Å². The molecule has 0 radical (unpaired) electrons. The van der Waals surface area contributed by atoms with Crippen molar-refractivity contribution >= 4 is 0 Å². The van der Waals surface area contributed by atoms with Crippen LogP contribution in [0.25, 0.3) is 0 Å². The molecule has 0 aliphatic rings. The second-order valence-electron chi connectivity index (χ2n) is 5.14. The molecule has 0 saturated heterocycles. The van der Waals surface area contributed by atoms with E-state index in [-0.39, 0.29) is 6.04 Å². The molecule has 0 spiro atoms. The van der Waals surface area contributed by atoms with Crippen molar-refractivity contribution in [1.29, 1.82) is 0 Å². The number of hydroxylamine groups is 2. The van der Waals surface area contributed by atoms with Crippen LogP contribution in [0.1, 0.15) is 84.5 Å². The summed E-state index contributed by atoms with van der Waals surface area (Å²) in [5.41, 5.74) is 0. The molecule has 17 heavy (non-hydrogen) atoms. The molecule has 3 nitrogen and oxygen atoms in total. The van der Waals surface area contributed by atoms with Gasteiger partial charge in [0, 0.05) is 0 Å². The van der Waals surface area contributed by atoms with Crippen LogP contribution in [0.5, 0.6) is 0 Å². The van der Waals surface area contributed by atoms with Crippen LogP contribution in [0.15, 0.2) is 0 Å². The summed E-state index contributed by atoms with van der Waals surface area (Å²) in [6.07, 6.45) is 14.1. The fourth-order valence-corrected chi connectivity index (χ4v) is 2.04. The van der Waals surface area contributed by atoms with Crippen molar-refractivity contribution in [2.45, 2.75) is 90.5 Å². The van der Waals surface area contributed by atoms with E-state index in [2.05, 4.69) is 6.92 Å². The van der Waals surface area contributed by atoms with Gasteiger partial charge in [-0.05, 0) is 13.3 Å². The van der Waals surface area contributed by atoms with E-state index >= 15 is 0 Å². The lowest BCUT2D eigenvalue weighted by Crippen LogP contribution is -2.25. The third kappa shape index (κ3) is 12.1. The first-order chi connectivity index (χ1) is 8.18. The monoisotopic (exact) mass is 245 g/mol. The largest absolute Gasteiger partial charge is 0.289 e. The average Bonchev–Trinajstić information content (AvgIpc) is 2.31. The first-order valence-corrected chi connectivity index (χ1v) is 7.35. The molecular weight excluding hydrogens is 214 g/mol. The Hall–Kier alpha value is -0.120. The molecule has 3 heteroatoms. The Bertz CT molecular complexity index is 151. The van der Waals surface area contributed by atoms with Crippen molar-refractivity contribution in [3.8, 4) is 0 Å². The van der Waals surface area contributed by atoms with Gasteiger partial charge in [0.15, 0.2) is 0 Å². The number of nitrogens with zero attached hydrogens (tertiary/aromatic N) is 1. The summed E-state index contributed by atoms with van der Waals surface area (Å²) in [7, 11) is 0. The van der Waals surface area contributed by atoms with Gasteiger partial charge < -0.3 is 0 Å². The number of hydrogen-bond donors (Lipinski definition) is 2. The van der Waals surface area contributed by atoms with Gasteiger partial charge in [-0.1, -0.05) is 76.4 Å². The van der Waals surface area contributed by atoms with Gasteiger partial charge in [-0.25, -0.2) is 0 Å². The first-order valence-electron chi connectivity index (χ1n) is 7.35. The minimum Gasteiger partial charge on any atom is -0.289 e. The SMILES string of the molecule is CCCCCCCCCCCCC(C)N(O)O. The maximum absolute atomic E-state index is 8.75. The average molecular weight is 245 g/mol. The molecule has 0 aromatic carbocycles. The van der Waals surface area contributed by atoms with E-state index in [0.717, 1.165) is 12.8 Å². The third-order valence-electron chi connectivity index (χ3n) is 3.37. The summed E-state index contributed by atoms with van der Waals surface area (Å²) in [6, 6.07) is -0.135. The van der Waals surface area contributed by atoms with Crippen LogP contribution in [-0.4, -0.2) is 21.7 Å². The standard InChI is InChI=1S/C14H31NO2/c1-3-4-5-6-7-8-9-10-11-12-13-14(2)15(16)17/h14,16-17H,3-13H2,1-2H3. The Balaban J connectivity index is 3.03. The van der Waals surface area contributed by atoms with Crippen LogP contribution in [0.3, 0.4) is 0 Å². The number of rotatable bonds is 12. The van der Waals surface area contributed by atoms with E-state index in [1.54, 1.807) is 0 Å². The van der Waals surface area contributed by atoms with E-state index in [4.69, 9.17) is 10.4 Å². The normalized spacial score (nSPS) is 13.2. The minimum absolute atomic E-state index is 0.135. The molecule has 0 aliphatic heterocycles. The molecule has 0 amide bonds. The van der Waals surface area contributed by atoms with Crippen LogP contribution >= 0.6 is 0 Å². The predicted octanol–water partition coefficient (Wildman–Crippen LogP) is 4.77. The maximum Gasteiger partial charge on any atom is 0.0595 e. The van der Waals surface area contributed by atoms with Crippen molar-refractivity contribution < 1.29 is 10.4 Å². The van der Waals surface area contributed by atoms with Crippen LogP contribution in [0, 0.1) is 0 Å². The van der Waals surface area contributed by atoms with Gasteiger partial charge in [-0.15, -0.1) is 0 Å². The molecule has 1 unspecified atom stereocenters. The zero-order valence-electron chi connectivity index (χ0n) is 11.7. The van der Waals surface area contributed by atoms with E-state index in [1.807, 2.05) is 6.92 Å². The van der Waals surface area contributed by atoms with E-state index < -0.39 is 0 Å². The second-order valence-corrected chi connectivity index (χ2v) is 5.14. The van der Waals surface area contributed by atoms with Gasteiger partial charge in [0.05, 0.1) is 6.04 Å². The fourth-order valence-electron chi connectivity index (χ4n) is 2.04. The molecule has 0 fully saturated rings. The van der Waals surface area contributed by atoms with Gasteiger partial charge in [-0.2, -0.15) is 0 Å². The van der Waals surface area contributed by atoms with Crippen molar-refractivity contribution in [1.82, 2.24) is 5.23 Å². The molecule has 104 valence electrons. The first kappa shape index (κ1) is 16.9. The van der Waals surface area contributed by atoms with Gasteiger partial charge in [0.2, 0.25) is 0 Å². The highest BCUT2D eigenvalue weighted by molar-refractivity contribution is 4.54. The highest BCUT2D eigenvalue weighted by Gasteiger charge is 2.06. The van der Waals surface area contributed by atoms with E-state index in [9.17, 15) is 0 Å². The summed E-state index contributed by atoms with van der Waals surface area (Å²) in [4.78, 5) is 0. The molecule has 0 rings (SSSR count). The van der Waals surface area contributed by atoms with Crippen LogP contribution in [0.2, 0.25) is 0 Å². The Labute approximate surface area is 107 Å². The van der Waals surface area contributed by atoms with Crippen molar-refractivity contribution in [2.24, 2.45) is 0 Å². The maximum atomic E-state index is 8.75. The van der Waals surface area contributed by atoms with Gasteiger partial charge >= 0.3 is 0 Å². The molecule has 1 atom stereocenters. The molecule has 0 aromatic rings. The lowest BCUT2D eigenvalue weighted by atomic mass is 10.0. The van der Waals surface area contributed by atoms with Crippen LogP contribution in [0.4, 0.5) is 0 Å². The molecule has 0 bridgehead atoms. The lowest BCUT2D eigenvalue weighted by Gasteiger charge is -2.14. The third-order valence-corrected chi connectivity index (χ3v) is 3.37. The molecule has 0 aliphatic carbocycles. The highest BCUT2D eigenvalue weighted by atomic mass is 16.8. The zero-order valence-corrected chi connectivity index (χ0v) is 11.7. The van der Waals surface area contributed by atoms with E-state index in [0.29, 0.717) is 5.23 Å². The second kappa shape index (κ2) is 12.3. The Kier molecular flexibility index (Phi) is 12.3. The number of unbranched alkanes of at least 4 members (excludes halogenated alkanes) is 9. The Morgan fingerprint density at radius 2 is 1.18 bits per heavy atom. The van der Waals surface area contributed by atoms with Crippen molar-refractivity contribution in [2.75, 3.05) is 0 Å². The molecule has 0 heterocycles. The lowest BCUT2D eigenvalue weighted by molar-refractivity contribution is -0.329. The van der Waals surface area contributed by atoms with Crippen LogP contribution in [-0.2, 0) is 0 Å². The summed E-state index contributed by atoms with van der Waals surface area (Å²) in [6.45, 7) is 4.08. The Morgan fingerprint density at radius 3 is 1.59 bits per heavy atom. The number of hydrogen-bond acceptors (Lipinski definition) is 3. The minimum atomic E-state index is -0.135. The van der Waals surface area contributed by atoms with Crippen LogP contribution < -0.4 is 0 Å². The van der Waals surface area contributed by atoms with Crippen molar-refractivity contribution in [3.63, 3.8) is 0 Å². The predicted molar refractivity (Wildman–Crippen MR) is 71.3 cm³/mol. The summed E-state index contributed by atoms with van der Waals surface area (Å²) in [5, 5.41) is 17.8.